The molecule has 3 amide bonds. The first kappa shape index (κ1) is 28.2. The van der Waals surface area contributed by atoms with Gasteiger partial charge in [-0.2, -0.15) is 0 Å². The molecule has 0 spiro atoms. The number of imide groups is 1. The lowest BCUT2D eigenvalue weighted by Gasteiger charge is -2.31. The Kier molecular flexibility index (Phi) is 7.42. The molecule has 1 fully saturated rings. The molecule has 1 aromatic heterocycles. The van der Waals surface area contributed by atoms with Crippen LogP contribution in [0.25, 0.3) is 0 Å². The number of nitrogens with one attached hydrogen (secondary N) is 1. The smallest absolute Gasteiger partial charge is 0.308 e. The maximum Gasteiger partial charge on any atom is 0.308 e. The number of hydrogen-bond donors (Lipinski definition) is 1. The normalized spacial score (nSPS) is 19.4. The van der Waals surface area contributed by atoms with Crippen LogP contribution < -0.4 is 20.0 Å². The van der Waals surface area contributed by atoms with Crippen molar-refractivity contribution in [1.29, 1.82) is 0 Å². The molecule has 2 aliphatic rings. The third kappa shape index (κ3) is 5.01. The molecule has 8 nitrogen and oxygen atoms in total. The average Bonchev–Trinajstić information content (AvgIpc) is 3.41. The summed E-state index contributed by atoms with van der Waals surface area (Å²) in [6, 6.07) is 19.5. The van der Waals surface area contributed by atoms with Crippen molar-refractivity contribution in [1.82, 2.24) is 4.57 Å². The average molecular weight is 623 g/mol. The number of fused-ring (bicyclic) bond motifs is 2. The molecule has 0 bridgehead atoms. The first-order valence-corrected chi connectivity index (χ1v) is 15.1. The number of hydrogen-bond acceptors (Lipinski definition) is 7. The Labute approximate surface area is 253 Å². The van der Waals surface area contributed by atoms with Crippen molar-refractivity contribution in [3.8, 4) is 0 Å². The minimum atomic E-state index is -0.806. The third-order valence-corrected chi connectivity index (χ3v) is 10.2. The Morgan fingerprint density at radius 2 is 1.62 bits per heavy atom. The number of halogens is 2. The van der Waals surface area contributed by atoms with Crippen molar-refractivity contribution in [2.24, 2.45) is 5.92 Å². The number of rotatable bonds is 6. The highest BCUT2D eigenvalue weighted by atomic mass is 35.5. The van der Waals surface area contributed by atoms with Crippen molar-refractivity contribution in [2.45, 2.75) is 22.7 Å². The standard InChI is InChI=1S/C30H24ClFN4O4S2/c1-34(2)20-11-3-16(4-12-20)23-24-25(28(39)36(27(24)38)21-13-5-17(31)6-14-21)41-29-26(23)42-30(40)35(29)15-22(37)33-19-9-7-18(32)8-10-19/h3-14,23-25H,15H2,1-2H3,(H,33,37)/t23-,24?,25?/m1/s1. The van der Waals surface area contributed by atoms with Crippen LogP contribution in [0.15, 0.2) is 82.6 Å². The summed E-state index contributed by atoms with van der Waals surface area (Å²) in [5.41, 5.74) is 2.56. The molecule has 3 heterocycles. The van der Waals surface area contributed by atoms with Gasteiger partial charge in [0.1, 0.15) is 17.6 Å². The predicted molar refractivity (Wildman–Crippen MR) is 163 cm³/mol. The molecule has 2 aliphatic heterocycles. The van der Waals surface area contributed by atoms with Crippen LogP contribution >= 0.6 is 34.7 Å². The Balaban J connectivity index is 1.41. The molecule has 3 atom stereocenters. The Bertz CT molecular complexity index is 1750. The maximum atomic E-state index is 14.0. The van der Waals surface area contributed by atoms with Crippen molar-refractivity contribution in [3.63, 3.8) is 0 Å². The van der Waals surface area contributed by atoms with E-state index in [0.717, 1.165) is 34.3 Å². The van der Waals surface area contributed by atoms with Crippen LogP contribution in [-0.4, -0.2) is 41.6 Å². The van der Waals surface area contributed by atoms with E-state index in [1.54, 1.807) is 24.3 Å². The zero-order valence-electron chi connectivity index (χ0n) is 22.4. The van der Waals surface area contributed by atoms with E-state index in [1.807, 2.05) is 43.3 Å². The van der Waals surface area contributed by atoms with Crippen LogP contribution in [0.3, 0.4) is 0 Å². The van der Waals surface area contributed by atoms with Gasteiger partial charge in [-0.05, 0) is 66.2 Å². The molecule has 0 aliphatic carbocycles. The van der Waals surface area contributed by atoms with Crippen LogP contribution in [0, 0.1) is 11.7 Å². The van der Waals surface area contributed by atoms with Gasteiger partial charge in [-0.25, -0.2) is 9.29 Å². The van der Waals surface area contributed by atoms with E-state index < -0.39 is 28.8 Å². The van der Waals surface area contributed by atoms with Gasteiger partial charge in [-0.15, -0.1) is 0 Å². The Morgan fingerprint density at radius 3 is 2.26 bits per heavy atom. The number of aromatic nitrogens is 1. The summed E-state index contributed by atoms with van der Waals surface area (Å²) in [7, 11) is 3.85. The van der Waals surface area contributed by atoms with E-state index in [1.165, 1.54) is 33.7 Å². The van der Waals surface area contributed by atoms with Gasteiger partial charge in [0.05, 0.1) is 16.6 Å². The largest absolute Gasteiger partial charge is 0.378 e. The minimum absolute atomic E-state index is 0.304. The van der Waals surface area contributed by atoms with Crippen LogP contribution in [0.5, 0.6) is 0 Å². The van der Waals surface area contributed by atoms with Gasteiger partial charge in [0.15, 0.2) is 0 Å². The second-order valence-electron chi connectivity index (χ2n) is 10.2. The molecule has 6 rings (SSSR count). The highest BCUT2D eigenvalue weighted by Gasteiger charge is 2.56. The summed E-state index contributed by atoms with van der Waals surface area (Å²) in [5.74, 6) is -2.98. The van der Waals surface area contributed by atoms with Crippen LogP contribution in [0.1, 0.15) is 16.4 Å². The minimum Gasteiger partial charge on any atom is -0.378 e. The van der Waals surface area contributed by atoms with Crippen molar-refractivity contribution < 1.29 is 18.8 Å². The van der Waals surface area contributed by atoms with E-state index in [0.29, 0.717) is 26.3 Å². The van der Waals surface area contributed by atoms with Crippen molar-refractivity contribution >= 4 is 69.5 Å². The Hall–Kier alpha value is -3.93. The molecule has 12 heteroatoms. The molecule has 1 N–H and O–H groups in total. The second-order valence-corrected chi connectivity index (χ2v) is 12.8. The fourth-order valence-corrected chi connectivity index (χ4v) is 8.22. The van der Waals surface area contributed by atoms with E-state index in [9.17, 15) is 23.6 Å². The number of carbonyl (C=O) groups is 3. The lowest BCUT2D eigenvalue weighted by atomic mass is 9.83. The van der Waals surface area contributed by atoms with E-state index >= 15 is 0 Å². The SMILES string of the molecule is CN(C)c1ccc([C@H]2c3sc(=O)n(CC(=O)Nc4ccc(F)cc4)c3SC3C(=O)N(c4ccc(Cl)cc4)C(=O)C32)cc1. The molecular weight excluding hydrogens is 599 g/mol. The monoisotopic (exact) mass is 622 g/mol. The zero-order chi connectivity index (χ0) is 29.7. The number of thiazole rings is 1. The lowest BCUT2D eigenvalue weighted by molar-refractivity contribution is -0.122. The number of amides is 3. The number of benzene rings is 3. The predicted octanol–water partition coefficient (Wildman–Crippen LogP) is 5.20. The number of nitrogens with zero attached hydrogens (tertiary/aromatic N) is 3. The van der Waals surface area contributed by atoms with Gasteiger partial charge < -0.3 is 10.2 Å². The van der Waals surface area contributed by atoms with Gasteiger partial charge in [0.25, 0.3) is 0 Å². The van der Waals surface area contributed by atoms with E-state index in [2.05, 4.69) is 5.32 Å². The molecular formula is C30H24ClFN4O4S2. The summed E-state index contributed by atoms with van der Waals surface area (Å²) in [6.45, 7) is -0.304. The topological polar surface area (TPSA) is 91.7 Å². The maximum absolute atomic E-state index is 14.0. The second kappa shape index (κ2) is 11.0. The van der Waals surface area contributed by atoms with Gasteiger partial charge in [0, 0.05) is 41.3 Å². The highest BCUT2D eigenvalue weighted by Crippen LogP contribution is 2.54. The van der Waals surface area contributed by atoms with Crippen LogP contribution in [0.4, 0.5) is 21.5 Å². The number of thioether (sulfide) groups is 1. The summed E-state index contributed by atoms with van der Waals surface area (Å²) < 4.78 is 14.7. The summed E-state index contributed by atoms with van der Waals surface area (Å²) in [4.78, 5) is 57.5. The van der Waals surface area contributed by atoms with Gasteiger partial charge >= 0.3 is 4.87 Å². The van der Waals surface area contributed by atoms with Crippen molar-refractivity contribution in [3.05, 3.63) is 104 Å². The summed E-state index contributed by atoms with van der Waals surface area (Å²) in [5, 5.41) is 2.84. The van der Waals surface area contributed by atoms with Crippen LogP contribution in [-0.2, 0) is 20.9 Å². The van der Waals surface area contributed by atoms with E-state index in [4.69, 9.17) is 11.6 Å². The molecule has 0 saturated carbocycles. The lowest BCUT2D eigenvalue weighted by Crippen LogP contribution is -2.33. The zero-order valence-corrected chi connectivity index (χ0v) is 24.8. The molecule has 42 heavy (non-hydrogen) atoms. The van der Waals surface area contributed by atoms with Crippen molar-refractivity contribution in [2.75, 3.05) is 29.2 Å². The number of anilines is 3. The van der Waals surface area contributed by atoms with Gasteiger partial charge in [-0.1, -0.05) is 46.8 Å². The molecule has 0 radical (unpaired) electrons. The Morgan fingerprint density at radius 1 is 0.952 bits per heavy atom. The van der Waals surface area contributed by atoms with Gasteiger partial charge in [-0.3, -0.25) is 23.7 Å². The quantitative estimate of drug-likeness (QED) is 0.297. The third-order valence-electron chi connectivity index (χ3n) is 7.33. The molecule has 4 aromatic rings. The highest BCUT2D eigenvalue weighted by molar-refractivity contribution is 8.00. The fraction of sp³-hybridized carbons (Fsp3) is 0.200. The first-order valence-electron chi connectivity index (χ1n) is 13.0. The number of carbonyl (C=O) groups excluding carboxylic acids is 3. The summed E-state index contributed by atoms with van der Waals surface area (Å²) in [6.07, 6.45) is 0. The molecule has 2 unspecified atom stereocenters. The summed E-state index contributed by atoms with van der Waals surface area (Å²) >= 11 is 8.17. The molecule has 3 aromatic carbocycles. The molecule has 1 saturated heterocycles. The van der Waals surface area contributed by atoms with Gasteiger partial charge in [0.2, 0.25) is 17.7 Å². The fourth-order valence-electron chi connectivity index (χ4n) is 5.32. The first-order chi connectivity index (χ1) is 20.1. The molecule has 214 valence electrons. The van der Waals surface area contributed by atoms with E-state index in [-0.39, 0.29) is 23.2 Å². The van der Waals surface area contributed by atoms with Crippen LogP contribution in [0.2, 0.25) is 5.02 Å².